The molecule has 22 heavy (non-hydrogen) atoms. The molecule has 0 unspecified atom stereocenters. The summed E-state index contributed by atoms with van der Waals surface area (Å²) in [6, 6.07) is 13.9. The Morgan fingerprint density at radius 1 is 1.18 bits per heavy atom. The number of ether oxygens (including phenoxy) is 1. The molecule has 1 aromatic heterocycles. The molecule has 1 fully saturated rings. The Labute approximate surface area is 131 Å². The predicted molar refractivity (Wildman–Crippen MR) is 86.2 cm³/mol. The van der Waals surface area contributed by atoms with Crippen LogP contribution in [0, 0.1) is 0 Å². The Balaban J connectivity index is 1.65. The fourth-order valence-corrected chi connectivity index (χ4v) is 2.89. The Hall–Kier alpha value is -2.23. The van der Waals surface area contributed by atoms with Crippen molar-refractivity contribution in [2.24, 2.45) is 0 Å². The van der Waals surface area contributed by atoms with Crippen LogP contribution in [0.5, 0.6) is 5.75 Å². The molecule has 1 atom stereocenters. The van der Waals surface area contributed by atoms with Crippen molar-refractivity contribution in [3.63, 3.8) is 0 Å². The first-order valence-electron chi connectivity index (χ1n) is 7.83. The van der Waals surface area contributed by atoms with Gasteiger partial charge in [0.15, 0.2) is 0 Å². The zero-order valence-corrected chi connectivity index (χ0v) is 13.1. The van der Waals surface area contributed by atoms with Crippen molar-refractivity contribution in [2.45, 2.75) is 32.4 Å². The largest absolute Gasteiger partial charge is 0.489 e. The number of carbonyl (C=O) groups excluding carboxylic acids is 1. The Bertz CT molecular complexity index is 634. The first kappa shape index (κ1) is 14.7. The van der Waals surface area contributed by atoms with Gasteiger partial charge < -0.3 is 14.2 Å². The van der Waals surface area contributed by atoms with Gasteiger partial charge in [-0.1, -0.05) is 18.2 Å². The maximum absolute atomic E-state index is 12.7. The number of para-hydroxylation sites is 1. The molecule has 4 heteroatoms. The lowest BCUT2D eigenvalue weighted by Crippen LogP contribution is -2.32. The van der Waals surface area contributed by atoms with Crippen molar-refractivity contribution in [1.82, 2.24) is 9.47 Å². The fourth-order valence-electron chi connectivity index (χ4n) is 2.89. The van der Waals surface area contributed by atoms with Crippen LogP contribution < -0.4 is 4.74 Å². The molecule has 1 saturated heterocycles. The van der Waals surface area contributed by atoms with Crippen LogP contribution in [0.25, 0.3) is 0 Å². The molecule has 2 aromatic rings. The van der Waals surface area contributed by atoms with E-state index in [4.69, 9.17) is 4.74 Å². The molecule has 2 heterocycles. The smallest absolute Gasteiger partial charge is 0.270 e. The number of likely N-dealkylation sites (tertiary alicyclic amines) is 1. The third-order valence-corrected chi connectivity index (χ3v) is 4.03. The van der Waals surface area contributed by atoms with Crippen LogP contribution in [-0.4, -0.2) is 34.6 Å². The van der Waals surface area contributed by atoms with Crippen LogP contribution in [0.3, 0.4) is 0 Å². The highest BCUT2D eigenvalue weighted by Crippen LogP contribution is 2.21. The highest BCUT2D eigenvalue weighted by molar-refractivity contribution is 5.93. The van der Waals surface area contributed by atoms with Gasteiger partial charge in [0, 0.05) is 25.2 Å². The summed E-state index contributed by atoms with van der Waals surface area (Å²) in [4.78, 5) is 14.6. The summed E-state index contributed by atoms with van der Waals surface area (Å²) < 4.78 is 7.97. The molecular formula is C18H22N2O2. The zero-order chi connectivity index (χ0) is 15.5. The number of amides is 1. The van der Waals surface area contributed by atoms with Crippen molar-refractivity contribution in [2.75, 3.05) is 13.1 Å². The third kappa shape index (κ3) is 3.01. The van der Waals surface area contributed by atoms with Crippen LogP contribution in [0.2, 0.25) is 0 Å². The topological polar surface area (TPSA) is 34.5 Å². The molecule has 0 bridgehead atoms. The van der Waals surface area contributed by atoms with Crippen molar-refractivity contribution in [1.29, 1.82) is 0 Å². The summed E-state index contributed by atoms with van der Waals surface area (Å²) in [5, 5.41) is 0. The maximum Gasteiger partial charge on any atom is 0.270 e. The van der Waals surface area contributed by atoms with E-state index in [0.717, 1.165) is 24.4 Å². The molecule has 0 radical (unpaired) electrons. The van der Waals surface area contributed by atoms with Gasteiger partial charge in [0.1, 0.15) is 17.5 Å². The standard InChI is InChI=1S/C18H22N2O2/c1-14(2)20-11-6-9-17(20)18(21)19-12-10-16(13-19)22-15-7-4-3-5-8-15/h3-9,11,14,16H,10,12-13H2,1-2H3/t16-/m0/s1. The van der Waals surface area contributed by atoms with E-state index in [0.29, 0.717) is 6.54 Å². The Morgan fingerprint density at radius 3 is 2.68 bits per heavy atom. The molecule has 0 aliphatic carbocycles. The summed E-state index contributed by atoms with van der Waals surface area (Å²) >= 11 is 0. The second-order valence-corrected chi connectivity index (χ2v) is 5.99. The minimum absolute atomic E-state index is 0.0776. The van der Waals surface area contributed by atoms with E-state index in [1.54, 1.807) is 0 Å². The molecule has 1 aliphatic rings. The maximum atomic E-state index is 12.7. The summed E-state index contributed by atoms with van der Waals surface area (Å²) in [5.74, 6) is 0.963. The van der Waals surface area contributed by atoms with E-state index in [9.17, 15) is 4.79 Å². The quantitative estimate of drug-likeness (QED) is 0.867. The molecular weight excluding hydrogens is 276 g/mol. The van der Waals surface area contributed by atoms with Gasteiger partial charge >= 0.3 is 0 Å². The third-order valence-electron chi connectivity index (χ3n) is 4.03. The van der Waals surface area contributed by atoms with Crippen LogP contribution in [0.1, 0.15) is 36.8 Å². The minimum Gasteiger partial charge on any atom is -0.489 e. The lowest BCUT2D eigenvalue weighted by Gasteiger charge is -2.19. The Morgan fingerprint density at radius 2 is 1.95 bits per heavy atom. The minimum atomic E-state index is 0.0776. The van der Waals surface area contributed by atoms with Gasteiger partial charge in [-0.25, -0.2) is 0 Å². The molecule has 116 valence electrons. The molecule has 0 N–H and O–H groups in total. The molecule has 0 spiro atoms. The molecule has 1 aliphatic heterocycles. The van der Waals surface area contributed by atoms with E-state index in [1.807, 2.05) is 58.1 Å². The van der Waals surface area contributed by atoms with Crippen molar-refractivity contribution < 1.29 is 9.53 Å². The number of nitrogens with zero attached hydrogens (tertiary/aromatic N) is 2. The van der Waals surface area contributed by atoms with E-state index >= 15 is 0 Å². The van der Waals surface area contributed by atoms with Crippen LogP contribution in [0.4, 0.5) is 0 Å². The second kappa shape index (κ2) is 6.26. The highest BCUT2D eigenvalue weighted by Gasteiger charge is 2.29. The predicted octanol–water partition coefficient (Wildman–Crippen LogP) is 3.36. The van der Waals surface area contributed by atoms with Crippen LogP contribution >= 0.6 is 0 Å². The first-order valence-corrected chi connectivity index (χ1v) is 7.83. The van der Waals surface area contributed by atoms with Crippen molar-refractivity contribution >= 4 is 5.91 Å². The SMILES string of the molecule is CC(C)n1cccc1C(=O)N1CC[C@H](Oc2ccccc2)C1. The fraction of sp³-hybridized carbons (Fsp3) is 0.389. The summed E-state index contributed by atoms with van der Waals surface area (Å²) in [5.41, 5.74) is 0.760. The normalized spacial score (nSPS) is 18.0. The van der Waals surface area contributed by atoms with Gasteiger partial charge in [0.25, 0.3) is 5.91 Å². The van der Waals surface area contributed by atoms with Crippen LogP contribution in [0.15, 0.2) is 48.7 Å². The average molecular weight is 298 g/mol. The molecule has 1 amide bonds. The van der Waals surface area contributed by atoms with Gasteiger partial charge in [0.05, 0.1) is 6.54 Å². The molecule has 1 aromatic carbocycles. The summed E-state index contributed by atoms with van der Waals surface area (Å²) in [6.45, 7) is 5.57. The van der Waals surface area contributed by atoms with Gasteiger partial charge in [0.2, 0.25) is 0 Å². The van der Waals surface area contributed by atoms with Crippen LogP contribution in [-0.2, 0) is 0 Å². The van der Waals surface area contributed by atoms with E-state index in [1.165, 1.54) is 0 Å². The Kier molecular flexibility index (Phi) is 4.18. The van der Waals surface area contributed by atoms with E-state index in [2.05, 4.69) is 13.8 Å². The number of hydrogen-bond donors (Lipinski definition) is 0. The lowest BCUT2D eigenvalue weighted by atomic mass is 10.3. The number of rotatable bonds is 4. The molecule has 4 nitrogen and oxygen atoms in total. The molecule has 0 saturated carbocycles. The zero-order valence-electron chi connectivity index (χ0n) is 13.1. The second-order valence-electron chi connectivity index (χ2n) is 5.99. The van der Waals surface area contributed by atoms with Crippen molar-refractivity contribution in [3.8, 4) is 5.75 Å². The van der Waals surface area contributed by atoms with Crippen molar-refractivity contribution in [3.05, 3.63) is 54.4 Å². The summed E-state index contributed by atoms with van der Waals surface area (Å²) in [6.07, 6.45) is 2.92. The van der Waals surface area contributed by atoms with Gasteiger partial charge in [-0.05, 0) is 38.1 Å². The first-order chi connectivity index (χ1) is 10.6. The number of benzene rings is 1. The monoisotopic (exact) mass is 298 g/mol. The average Bonchev–Trinajstić information content (AvgIpc) is 3.16. The van der Waals surface area contributed by atoms with Gasteiger partial charge in [-0.15, -0.1) is 0 Å². The van der Waals surface area contributed by atoms with Gasteiger partial charge in [-0.2, -0.15) is 0 Å². The van der Waals surface area contributed by atoms with E-state index in [-0.39, 0.29) is 18.1 Å². The number of carbonyl (C=O) groups is 1. The number of aromatic nitrogens is 1. The van der Waals surface area contributed by atoms with E-state index < -0.39 is 0 Å². The van der Waals surface area contributed by atoms with Gasteiger partial charge in [-0.3, -0.25) is 4.79 Å². The number of hydrogen-bond acceptors (Lipinski definition) is 2. The highest BCUT2D eigenvalue weighted by atomic mass is 16.5. The summed E-state index contributed by atoms with van der Waals surface area (Å²) in [7, 11) is 0. The lowest BCUT2D eigenvalue weighted by molar-refractivity contribution is 0.0760. The molecule has 3 rings (SSSR count).